The largest absolute Gasteiger partial charge is 0.501 e. The number of nitrogens with one attached hydrogen (secondary N) is 2. The van der Waals surface area contributed by atoms with Crippen LogP contribution >= 0.6 is 0 Å². The first-order valence-corrected chi connectivity index (χ1v) is 8.69. The molecule has 28 heavy (non-hydrogen) atoms. The number of amides is 2. The van der Waals surface area contributed by atoms with Crippen molar-refractivity contribution in [1.29, 1.82) is 0 Å². The van der Waals surface area contributed by atoms with Gasteiger partial charge in [-0.3, -0.25) is 9.59 Å². The molecule has 148 valence electrons. The topological polar surface area (TPSA) is 136 Å². The fourth-order valence-corrected chi connectivity index (χ4v) is 3.08. The van der Waals surface area contributed by atoms with Crippen molar-refractivity contribution in [3.8, 4) is 5.75 Å². The molecule has 1 saturated heterocycles. The Morgan fingerprint density at radius 3 is 2.71 bits per heavy atom. The van der Waals surface area contributed by atoms with E-state index in [0.717, 1.165) is 0 Å². The first kappa shape index (κ1) is 19.3. The first-order chi connectivity index (χ1) is 13.3. The van der Waals surface area contributed by atoms with Crippen LogP contribution in [-0.2, 0) is 6.54 Å². The van der Waals surface area contributed by atoms with E-state index in [1.807, 2.05) is 0 Å². The minimum Gasteiger partial charge on any atom is -0.501 e. The fraction of sp³-hybridized carbons (Fsp3) is 0.333. The van der Waals surface area contributed by atoms with Gasteiger partial charge in [0.2, 0.25) is 5.75 Å². The number of carbonyl (C=O) groups is 2. The Morgan fingerprint density at radius 2 is 2.04 bits per heavy atom. The second kappa shape index (κ2) is 8.07. The Bertz CT molecular complexity index is 944. The van der Waals surface area contributed by atoms with E-state index < -0.39 is 34.8 Å². The van der Waals surface area contributed by atoms with Gasteiger partial charge in [0.05, 0.1) is 0 Å². The monoisotopic (exact) mass is 390 g/mol. The smallest absolute Gasteiger partial charge is 0.407 e. The maximum absolute atomic E-state index is 12.9. The predicted molar refractivity (Wildman–Crippen MR) is 95.7 cm³/mol. The molecule has 1 atom stereocenters. The van der Waals surface area contributed by atoms with E-state index in [9.17, 15) is 23.9 Å². The summed E-state index contributed by atoms with van der Waals surface area (Å²) >= 11 is 0. The van der Waals surface area contributed by atoms with Crippen LogP contribution in [0.1, 0.15) is 40.6 Å². The average molecular weight is 390 g/mol. The van der Waals surface area contributed by atoms with Crippen LogP contribution in [0.15, 0.2) is 29.1 Å². The Hall–Kier alpha value is -3.43. The molecule has 0 bridgehead atoms. The van der Waals surface area contributed by atoms with Gasteiger partial charge in [0.1, 0.15) is 11.6 Å². The number of hydrogen-bond donors (Lipinski definition) is 4. The molecule has 2 heterocycles. The lowest BCUT2D eigenvalue weighted by Gasteiger charge is -2.30. The molecule has 4 N–H and O–H groups in total. The fourth-order valence-electron chi connectivity index (χ4n) is 3.08. The molecule has 1 aromatic carbocycles. The third-order valence-electron chi connectivity index (χ3n) is 4.57. The number of aromatic nitrogens is 2. The third-order valence-corrected chi connectivity index (χ3v) is 4.57. The zero-order valence-corrected chi connectivity index (χ0v) is 14.8. The number of likely N-dealkylation sites (tertiary alicyclic amines) is 1. The van der Waals surface area contributed by atoms with Crippen LogP contribution in [-0.4, -0.2) is 50.2 Å². The van der Waals surface area contributed by atoms with E-state index in [1.165, 1.54) is 29.2 Å². The van der Waals surface area contributed by atoms with Crippen LogP contribution < -0.4 is 10.9 Å². The van der Waals surface area contributed by atoms with Crippen LogP contribution in [0.3, 0.4) is 0 Å². The molecule has 9 nitrogen and oxygen atoms in total. The zero-order valence-electron chi connectivity index (χ0n) is 14.8. The molecule has 0 saturated carbocycles. The van der Waals surface area contributed by atoms with Gasteiger partial charge in [-0.25, -0.2) is 14.2 Å². The number of carboxylic acid groups (broad SMARTS) is 1. The quantitative estimate of drug-likeness (QED) is 0.623. The summed E-state index contributed by atoms with van der Waals surface area (Å²) in [7, 11) is 0. The number of hydrogen-bond acceptors (Lipinski definition) is 5. The van der Waals surface area contributed by atoms with E-state index in [1.54, 1.807) is 0 Å². The molecule has 1 fully saturated rings. The van der Waals surface area contributed by atoms with Crippen molar-refractivity contribution in [3.05, 3.63) is 57.5 Å². The van der Waals surface area contributed by atoms with E-state index in [2.05, 4.69) is 15.3 Å². The highest BCUT2D eigenvalue weighted by Crippen LogP contribution is 2.25. The van der Waals surface area contributed by atoms with Crippen molar-refractivity contribution >= 4 is 12.0 Å². The van der Waals surface area contributed by atoms with Crippen LogP contribution in [0.2, 0.25) is 0 Å². The Labute approximate surface area is 158 Å². The lowest BCUT2D eigenvalue weighted by Crippen LogP contribution is -2.39. The highest BCUT2D eigenvalue weighted by atomic mass is 19.1. The van der Waals surface area contributed by atoms with Crippen molar-refractivity contribution < 1.29 is 24.2 Å². The molecule has 0 aliphatic carbocycles. The van der Waals surface area contributed by atoms with Crippen molar-refractivity contribution in [1.82, 2.24) is 20.2 Å². The van der Waals surface area contributed by atoms with Crippen LogP contribution in [0.5, 0.6) is 5.75 Å². The molecule has 2 aromatic rings. The molecule has 0 radical (unpaired) electrons. The number of carbonyl (C=O) groups excluding carboxylic acids is 1. The molecule has 1 aromatic heterocycles. The lowest BCUT2D eigenvalue weighted by molar-refractivity contribution is 0.0940. The second-order valence-electron chi connectivity index (χ2n) is 6.53. The van der Waals surface area contributed by atoms with Crippen molar-refractivity contribution in [2.75, 3.05) is 13.1 Å². The molecule has 3 rings (SSSR count). The minimum atomic E-state index is -1.07. The maximum atomic E-state index is 12.9. The average Bonchev–Trinajstić information content (AvgIpc) is 2.69. The first-order valence-electron chi connectivity index (χ1n) is 8.69. The molecule has 0 spiro atoms. The molecular weight excluding hydrogens is 371 g/mol. The number of rotatable bonds is 4. The molecule has 1 aliphatic heterocycles. The number of nitrogens with zero attached hydrogens (tertiary/aromatic N) is 2. The van der Waals surface area contributed by atoms with Crippen molar-refractivity contribution in [2.45, 2.75) is 25.3 Å². The van der Waals surface area contributed by atoms with Crippen LogP contribution in [0.4, 0.5) is 9.18 Å². The number of aromatic hydroxyl groups is 1. The molecular formula is C18H19FN4O5. The number of H-pyrrole nitrogens is 1. The standard InChI is InChI=1S/C18H19FN4O5/c19-12-5-3-10(4-6-12)8-20-16(25)13-14(24)17(26)22-15(21-13)11-2-1-7-23(9-11)18(27)28/h3-6,11,24H,1-2,7-9H2,(H,20,25)(H,27,28)(H,21,22,26). The van der Waals surface area contributed by atoms with E-state index >= 15 is 0 Å². The Balaban J connectivity index is 1.79. The van der Waals surface area contributed by atoms with Gasteiger partial charge in [0.25, 0.3) is 11.5 Å². The molecule has 1 aliphatic rings. The highest BCUT2D eigenvalue weighted by molar-refractivity contribution is 5.94. The third kappa shape index (κ3) is 4.27. The summed E-state index contributed by atoms with van der Waals surface area (Å²) in [4.78, 5) is 43.3. The minimum absolute atomic E-state index is 0.0542. The highest BCUT2D eigenvalue weighted by Gasteiger charge is 2.28. The van der Waals surface area contributed by atoms with E-state index in [4.69, 9.17) is 5.11 Å². The number of benzene rings is 1. The van der Waals surface area contributed by atoms with Gasteiger partial charge in [0.15, 0.2) is 5.69 Å². The summed E-state index contributed by atoms with van der Waals surface area (Å²) in [5.41, 5.74) is -0.679. The summed E-state index contributed by atoms with van der Waals surface area (Å²) in [6.45, 7) is 0.581. The molecule has 10 heteroatoms. The van der Waals surface area contributed by atoms with Crippen molar-refractivity contribution in [2.24, 2.45) is 0 Å². The number of aromatic amines is 1. The summed E-state index contributed by atoms with van der Waals surface area (Å²) in [6, 6.07) is 5.49. The van der Waals surface area contributed by atoms with Gasteiger partial charge in [-0.2, -0.15) is 0 Å². The lowest BCUT2D eigenvalue weighted by atomic mass is 9.97. The number of piperidine rings is 1. The predicted octanol–water partition coefficient (Wildman–Crippen LogP) is 1.40. The van der Waals surface area contributed by atoms with Crippen LogP contribution in [0, 0.1) is 5.82 Å². The number of halogens is 1. The Kier molecular flexibility index (Phi) is 5.57. The van der Waals surface area contributed by atoms with E-state index in [-0.39, 0.29) is 24.8 Å². The Morgan fingerprint density at radius 1 is 1.32 bits per heavy atom. The van der Waals surface area contributed by atoms with Gasteiger partial charge in [-0.1, -0.05) is 12.1 Å². The summed E-state index contributed by atoms with van der Waals surface area (Å²) in [5, 5.41) is 21.6. The zero-order chi connectivity index (χ0) is 20.3. The van der Waals surface area contributed by atoms with Gasteiger partial charge < -0.3 is 25.4 Å². The normalized spacial score (nSPS) is 16.6. The molecule has 2 amide bonds. The summed E-state index contributed by atoms with van der Waals surface area (Å²) < 4.78 is 12.9. The van der Waals surface area contributed by atoms with Gasteiger partial charge in [-0.05, 0) is 30.5 Å². The SMILES string of the molecule is O=C(NCc1ccc(F)cc1)c1nc(C2CCCN(C(=O)O)C2)[nH]c(=O)c1O. The van der Waals surface area contributed by atoms with Gasteiger partial charge >= 0.3 is 6.09 Å². The summed E-state index contributed by atoms with van der Waals surface area (Å²) in [6.07, 6.45) is 0.116. The van der Waals surface area contributed by atoms with Crippen LogP contribution in [0.25, 0.3) is 0 Å². The van der Waals surface area contributed by atoms with E-state index in [0.29, 0.717) is 24.9 Å². The summed E-state index contributed by atoms with van der Waals surface area (Å²) in [5.74, 6) is -2.22. The van der Waals surface area contributed by atoms with Gasteiger partial charge in [-0.15, -0.1) is 0 Å². The maximum Gasteiger partial charge on any atom is 0.407 e. The van der Waals surface area contributed by atoms with Gasteiger partial charge in [0, 0.05) is 25.6 Å². The second-order valence-corrected chi connectivity index (χ2v) is 6.53. The van der Waals surface area contributed by atoms with Crippen molar-refractivity contribution in [3.63, 3.8) is 0 Å². The molecule has 1 unspecified atom stereocenters.